The van der Waals surface area contributed by atoms with Crippen molar-refractivity contribution in [1.82, 2.24) is 25.2 Å². The van der Waals surface area contributed by atoms with E-state index in [2.05, 4.69) is 41.3 Å². The van der Waals surface area contributed by atoms with Crippen molar-refractivity contribution in [2.24, 2.45) is 18.4 Å². The monoisotopic (exact) mass is 277 g/mol. The van der Waals surface area contributed by atoms with Crippen LogP contribution in [0.4, 0.5) is 0 Å². The van der Waals surface area contributed by atoms with Crippen LogP contribution in [0, 0.1) is 11.3 Å². The molecule has 112 valence electrons. The molecule has 0 amide bonds. The molecule has 1 aromatic heterocycles. The Morgan fingerprint density at radius 3 is 2.65 bits per heavy atom. The Morgan fingerprint density at radius 2 is 2.10 bits per heavy atom. The highest BCUT2D eigenvalue weighted by atomic mass is 15.4. The highest BCUT2D eigenvalue weighted by molar-refractivity contribution is 5.01. The molecule has 0 spiro atoms. The van der Waals surface area contributed by atoms with Crippen LogP contribution in [0.1, 0.15) is 39.3 Å². The van der Waals surface area contributed by atoms with Gasteiger partial charge in [0.1, 0.15) is 0 Å². The molecule has 2 fully saturated rings. The summed E-state index contributed by atoms with van der Waals surface area (Å²) in [5.41, 5.74) is 1.39. The largest absolute Gasteiger partial charge is 0.311 e. The van der Waals surface area contributed by atoms with Gasteiger partial charge in [0, 0.05) is 45.0 Å². The van der Waals surface area contributed by atoms with E-state index in [1.54, 1.807) is 4.68 Å². The van der Waals surface area contributed by atoms with Crippen LogP contribution in [-0.2, 0) is 13.6 Å². The van der Waals surface area contributed by atoms with E-state index >= 15 is 0 Å². The molecule has 5 nitrogen and oxygen atoms in total. The Hall–Kier alpha value is -0.940. The number of aromatic nitrogens is 3. The normalized spacial score (nSPS) is 28.8. The van der Waals surface area contributed by atoms with Crippen LogP contribution < -0.4 is 5.32 Å². The molecule has 2 heterocycles. The summed E-state index contributed by atoms with van der Waals surface area (Å²) in [6, 6.07) is 1.23. The van der Waals surface area contributed by atoms with Crippen LogP contribution >= 0.6 is 0 Å². The van der Waals surface area contributed by atoms with E-state index in [1.807, 2.05) is 13.2 Å². The maximum atomic E-state index is 4.26. The summed E-state index contributed by atoms with van der Waals surface area (Å²) in [5, 5.41) is 12.1. The predicted molar refractivity (Wildman–Crippen MR) is 79.2 cm³/mol. The van der Waals surface area contributed by atoms with Gasteiger partial charge in [-0.3, -0.25) is 9.58 Å². The van der Waals surface area contributed by atoms with Gasteiger partial charge >= 0.3 is 0 Å². The summed E-state index contributed by atoms with van der Waals surface area (Å²) in [5.74, 6) is 0.889. The zero-order valence-electron chi connectivity index (χ0n) is 13.1. The van der Waals surface area contributed by atoms with E-state index in [4.69, 9.17) is 0 Å². The van der Waals surface area contributed by atoms with Gasteiger partial charge < -0.3 is 5.32 Å². The van der Waals surface area contributed by atoms with Crippen molar-refractivity contribution in [3.8, 4) is 0 Å². The van der Waals surface area contributed by atoms with Crippen molar-refractivity contribution in [1.29, 1.82) is 0 Å². The van der Waals surface area contributed by atoms with Crippen LogP contribution in [0.5, 0.6) is 0 Å². The molecule has 3 rings (SSSR count). The lowest BCUT2D eigenvalue weighted by molar-refractivity contribution is 0.0678. The molecule has 1 aliphatic heterocycles. The van der Waals surface area contributed by atoms with Crippen LogP contribution in [0.3, 0.4) is 0 Å². The lowest BCUT2D eigenvalue weighted by atomic mass is 9.84. The number of nitrogens with zero attached hydrogens (tertiary/aromatic N) is 4. The second kappa shape index (κ2) is 5.11. The van der Waals surface area contributed by atoms with Crippen molar-refractivity contribution >= 4 is 0 Å². The number of aryl methyl sites for hydroxylation is 1. The van der Waals surface area contributed by atoms with Crippen LogP contribution in [-0.4, -0.2) is 45.1 Å². The van der Waals surface area contributed by atoms with Gasteiger partial charge in [0.15, 0.2) is 0 Å². The summed E-state index contributed by atoms with van der Waals surface area (Å²) in [4.78, 5) is 2.63. The van der Waals surface area contributed by atoms with Gasteiger partial charge in [0.05, 0.1) is 5.69 Å². The van der Waals surface area contributed by atoms with E-state index in [0.29, 0.717) is 17.5 Å². The van der Waals surface area contributed by atoms with Crippen molar-refractivity contribution in [3.63, 3.8) is 0 Å². The average Bonchev–Trinajstić information content (AvgIpc) is 3.12. The topological polar surface area (TPSA) is 46.0 Å². The highest BCUT2D eigenvalue weighted by Gasteiger charge is 2.41. The summed E-state index contributed by atoms with van der Waals surface area (Å²) in [6.45, 7) is 10.1. The third-order valence-electron chi connectivity index (χ3n) is 4.69. The SMILES string of the molecule is Cn1cc(CN2CC(C(C)(C)C)NCC2C2CC2)nn1. The minimum Gasteiger partial charge on any atom is -0.311 e. The Kier molecular flexibility index (Phi) is 3.58. The van der Waals surface area contributed by atoms with Crippen molar-refractivity contribution in [3.05, 3.63) is 11.9 Å². The Labute approximate surface area is 121 Å². The van der Waals surface area contributed by atoms with E-state index < -0.39 is 0 Å². The first-order valence-corrected chi connectivity index (χ1v) is 7.76. The first-order chi connectivity index (χ1) is 9.43. The fourth-order valence-electron chi connectivity index (χ4n) is 3.21. The minimum absolute atomic E-state index is 0.301. The molecule has 0 aromatic carbocycles. The molecule has 1 aromatic rings. The maximum Gasteiger partial charge on any atom is 0.0967 e. The zero-order valence-corrected chi connectivity index (χ0v) is 13.1. The molecular formula is C15H27N5. The summed E-state index contributed by atoms with van der Waals surface area (Å²) in [7, 11) is 1.94. The minimum atomic E-state index is 0.301. The molecule has 5 heteroatoms. The van der Waals surface area contributed by atoms with Gasteiger partial charge in [0.25, 0.3) is 0 Å². The number of nitrogens with one attached hydrogen (secondary N) is 1. The molecule has 0 bridgehead atoms. The molecule has 1 N–H and O–H groups in total. The lowest BCUT2D eigenvalue weighted by Crippen LogP contribution is -2.60. The lowest BCUT2D eigenvalue weighted by Gasteiger charge is -2.45. The van der Waals surface area contributed by atoms with Crippen molar-refractivity contribution < 1.29 is 0 Å². The quantitative estimate of drug-likeness (QED) is 0.907. The third-order valence-corrected chi connectivity index (χ3v) is 4.69. The standard InChI is InChI=1S/C15H27N5/c1-15(2,3)14-10-20(9-12-8-19(4)18-17-12)13(7-16-14)11-5-6-11/h8,11,13-14,16H,5-7,9-10H2,1-4H3. The average molecular weight is 277 g/mol. The second-order valence-electron chi connectivity index (χ2n) is 7.54. The Bertz CT molecular complexity index is 457. The highest BCUT2D eigenvalue weighted by Crippen LogP contribution is 2.38. The molecule has 1 aliphatic carbocycles. The Balaban J connectivity index is 1.71. The predicted octanol–water partition coefficient (Wildman–Crippen LogP) is 1.41. The van der Waals surface area contributed by atoms with Crippen molar-refractivity contribution in [2.75, 3.05) is 13.1 Å². The zero-order chi connectivity index (χ0) is 14.3. The van der Waals surface area contributed by atoms with Crippen molar-refractivity contribution in [2.45, 2.75) is 52.2 Å². The third kappa shape index (κ3) is 3.04. The van der Waals surface area contributed by atoms with Gasteiger partial charge in [-0.1, -0.05) is 26.0 Å². The Morgan fingerprint density at radius 1 is 1.35 bits per heavy atom. The second-order valence-corrected chi connectivity index (χ2v) is 7.54. The molecular weight excluding hydrogens is 250 g/mol. The number of piperazine rings is 1. The maximum absolute atomic E-state index is 4.26. The van der Waals surface area contributed by atoms with Gasteiger partial charge in [-0.2, -0.15) is 0 Å². The van der Waals surface area contributed by atoms with Gasteiger partial charge in [0.2, 0.25) is 0 Å². The van der Waals surface area contributed by atoms with Gasteiger partial charge in [-0.25, -0.2) is 0 Å². The number of hydrogen-bond acceptors (Lipinski definition) is 4. The molecule has 1 saturated carbocycles. The van der Waals surface area contributed by atoms with E-state index in [-0.39, 0.29) is 0 Å². The van der Waals surface area contributed by atoms with E-state index in [9.17, 15) is 0 Å². The summed E-state index contributed by atoms with van der Waals surface area (Å²) >= 11 is 0. The van der Waals surface area contributed by atoms with Gasteiger partial charge in [-0.15, -0.1) is 5.10 Å². The fourth-order valence-corrected chi connectivity index (χ4v) is 3.21. The fraction of sp³-hybridized carbons (Fsp3) is 0.867. The first kappa shape index (κ1) is 14.0. The van der Waals surface area contributed by atoms with E-state index in [0.717, 1.165) is 31.2 Å². The molecule has 2 aliphatic rings. The number of rotatable bonds is 3. The molecule has 1 saturated heterocycles. The smallest absolute Gasteiger partial charge is 0.0967 e. The first-order valence-electron chi connectivity index (χ1n) is 7.76. The molecule has 2 unspecified atom stereocenters. The molecule has 20 heavy (non-hydrogen) atoms. The molecule has 0 radical (unpaired) electrons. The van der Waals surface area contributed by atoms with Crippen LogP contribution in [0.2, 0.25) is 0 Å². The number of hydrogen-bond donors (Lipinski definition) is 1. The van der Waals surface area contributed by atoms with Gasteiger partial charge in [-0.05, 0) is 24.2 Å². The van der Waals surface area contributed by atoms with Crippen LogP contribution in [0.15, 0.2) is 6.20 Å². The summed E-state index contributed by atoms with van der Waals surface area (Å²) in [6.07, 6.45) is 4.82. The molecule has 2 atom stereocenters. The van der Waals surface area contributed by atoms with E-state index in [1.165, 1.54) is 12.8 Å². The summed E-state index contributed by atoms with van der Waals surface area (Å²) < 4.78 is 1.80. The van der Waals surface area contributed by atoms with Crippen LogP contribution in [0.25, 0.3) is 0 Å².